The Labute approximate surface area is 174 Å². The lowest BCUT2D eigenvalue weighted by Gasteiger charge is -2.31. The summed E-state index contributed by atoms with van der Waals surface area (Å²) in [5.41, 5.74) is 1.75. The first kappa shape index (κ1) is 20.3. The molecule has 0 saturated carbocycles. The smallest absolute Gasteiger partial charge is 0.229 e. The number of nitrogens with zero attached hydrogens (tertiary/aromatic N) is 2. The van der Waals surface area contributed by atoms with Gasteiger partial charge in [0.2, 0.25) is 11.8 Å². The molecule has 4 rings (SSSR count). The highest BCUT2D eigenvalue weighted by atomic mass is 19.2. The third-order valence-corrected chi connectivity index (χ3v) is 5.79. The summed E-state index contributed by atoms with van der Waals surface area (Å²) in [7, 11) is 0. The lowest BCUT2D eigenvalue weighted by Crippen LogP contribution is -2.32. The highest BCUT2D eigenvalue weighted by Gasteiger charge is 2.34. The minimum absolute atomic E-state index is 0.0828. The van der Waals surface area contributed by atoms with Gasteiger partial charge in [0.15, 0.2) is 11.6 Å². The van der Waals surface area contributed by atoms with Gasteiger partial charge in [0.1, 0.15) is 0 Å². The molecule has 0 radical (unpaired) electrons. The molecule has 7 heteroatoms. The van der Waals surface area contributed by atoms with Crippen molar-refractivity contribution in [2.75, 3.05) is 29.9 Å². The van der Waals surface area contributed by atoms with E-state index in [4.69, 9.17) is 0 Å². The van der Waals surface area contributed by atoms with Gasteiger partial charge in [-0.15, -0.1) is 0 Å². The van der Waals surface area contributed by atoms with E-state index in [1.54, 1.807) is 4.90 Å². The number of likely N-dealkylation sites (tertiary alicyclic amines) is 1. The molecule has 0 aliphatic carbocycles. The first-order chi connectivity index (χ1) is 14.5. The van der Waals surface area contributed by atoms with Crippen LogP contribution in [0, 0.1) is 17.6 Å². The van der Waals surface area contributed by atoms with Gasteiger partial charge >= 0.3 is 0 Å². The molecule has 2 aliphatic heterocycles. The van der Waals surface area contributed by atoms with E-state index in [9.17, 15) is 18.4 Å². The Hall–Kier alpha value is -2.96. The quantitative estimate of drug-likeness (QED) is 0.808. The molecule has 5 nitrogen and oxygen atoms in total. The van der Waals surface area contributed by atoms with E-state index in [-0.39, 0.29) is 23.9 Å². The Balaban J connectivity index is 1.47. The average Bonchev–Trinajstić information content (AvgIpc) is 3.12. The van der Waals surface area contributed by atoms with Gasteiger partial charge in [0, 0.05) is 44.7 Å². The maximum absolute atomic E-state index is 13.9. The lowest BCUT2D eigenvalue weighted by molar-refractivity contribution is -0.128. The highest BCUT2D eigenvalue weighted by Crippen LogP contribution is 2.32. The maximum atomic E-state index is 13.9. The molecule has 2 fully saturated rings. The van der Waals surface area contributed by atoms with Crippen LogP contribution in [0.2, 0.25) is 0 Å². The second kappa shape index (κ2) is 8.81. The Morgan fingerprint density at radius 3 is 2.47 bits per heavy atom. The molecule has 30 heavy (non-hydrogen) atoms. The van der Waals surface area contributed by atoms with E-state index < -0.39 is 17.6 Å². The topological polar surface area (TPSA) is 52.7 Å². The van der Waals surface area contributed by atoms with Crippen molar-refractivity contribution in [1.82, 2.24) is 4.90 Å². The van der Waals surface area contributed by atoms with Gasteiger partial charge in [0.05, 0.1) is 17.3 Å². The number of carbonyl (C=O) groups is 2. The summed E-state index contributed by atoms with van der Waals surface area (Å²) in [6, 6.07) is 11.8. The molecule has 2 heterocycles. The van der Waals surface area contributed by atoms with Crippen molar-refractivity contribution >= 4 is 23.2 Å². The fraction of sp³-hybridized carbons (Fsp3) is 0.391. The minimum Gasteiger partial charge on any atom is -0.370 e. The van der Waals surface area contributed by atoms with Crippen LogP contribution in [0.1, 0.15) is 31.2 Å². The van der Waals surface area contributed by atoms with Crippen molar-refractivity contribution in [3.63, 3.8) is 0 Å². The number of hydrogen-bond acceptors (Lipinski definition) is 3. The fourth-order valence-electron chi connectivity index (χ4n) is 4.17. The van der Waals surface area contributed by atoms with Crippen molar-refractivity contribution in [3.8, 4) is 0 Å². The molecule has 2 amide bonds. The summed E-state index contributed by atoms with van der Waals surface area (Å²) >= 11 is 0. The third kappa shape index (κ3) is 4.45. The van der Waals surface area contributed by atoms with Gasteiger partial charge < -0.3 is 15.1 Å². The van der Waals surface area contributed by atoms with Crippen molar-refractivity contribution < 1.29 is 18.4 Å². The van der Waals surface area contributed by atoms with E-state index in [0.717, 1.165) is 50.0 Å². The number of rotatable bonds is 5. The fourth-order valence-corrected chi connectivity index (χ4v) is 4.17. The predicted molar refractivity (Wildman–Crippen MR) is 111 cm³/mol. The molecule has 0 spiro atoms. The van der Waals surface area contributed by atoms with Gasteiger partial charge in [-0.25, -0.2) is 8.78 Å². The summed E-state index contributed by atoms with van der Waals surface area (Å²) in [6.07, 6.45) is 3.15. The van der Waals surface area contributed by atoms with Gasteiger partial charge in [-0.2, -0.15) is 0 Å². The normalized spacial score (nSPS) is 19.3. The number of hydrogen-bond donors (Lipinski definition) is 1. The maximum Gasteiger partial charge on any atom is 0.229 e. The Morgan fingerprint density at radius 1 is 1.03 bits per heavy atom. The van der Waals surface area contributed by atoms with Gasteiger partial charge in [-0.1, -0.05) is 30.3 Å². The van der Waals surface area contributed by atoms with Crippen molar-refractivity contribution in [3.05, 3.63) is 59.7 Å². The summed E-state index contributed by atoms with van der Waals surface area (Å²) in [4.78, 5) is 28.9. The monoisotopic (exact) mass is 413 g/mol. The lowest BCUT2D eigenvalue weighted by atomic mass is 10.1. The summed E-state index contributed by atoms with van der Waals surface area (Å²) in [5, 5.41) is 2.76. The summed E-state index contributed by atoms with van der Waals surface area (Å²) in [5.74, 6) is -2.88. The number of piperidine rings is 1. The largest absolute Gasteiger partial charge is 0.370 e. The van der Waals surface area contributed by atoms with Crippen LogP contribution >= 0.6 is 0 Å². The van der Waals surface area contributed by atoms with Gasteiger partial charge in [-0.05, 0) is 24.8 Å². The minimum atomic E-state index is -1.00. The van der Waals surface area contributed by atoms with Crippen LogP contribution in [0.5, 0.6) is 0 Å². The zero-order valence-electron chi connectivity index (χ0n) is 16.7. The molecule has 1 N–H and O–H groups in total. The molecule has 1 atom stereocenters. The first-order valence-corrected chi connectivity index (χ1v) is 10.4. The molecule has 158 valence electrons. The second-order valence-corrected chi connectivity index (χ2v) is 7.98. The third-order valence-electron chi connectivity index (χ3n) is 5.79. The molecular weight excluding hydrogens is 388 g/mol. The Morgan fingerprint density at radius 2 is 1.73 bits per heavy atom. The van der Waals surface area contributed by atoms with Crippen molar-refractivity contribution in [1.29, 1.82) is 0 Å². The highest BCUT2D eigenvalue weighted by molar-refractivity contribution is 5.99. The molecule has 0 aromatic heterocycles. The molecule has 2 aromatic rings. The molecule has 2 aliphatic rings. The molecule has 0 unspecified atom stereocenters. The number of benzene rings is 2. The number of anilines is 2. The van der Waals surface area contributed by atoms with E-state index in [2.05, 4.69) is 5.32 Å². The zero-order chi connectivity index (χ0) is 21.1. The average molecular weight is 413 g/mol. The SMILES string of the molecule is O=C(Nc1cc(F)c(F)cc1N1CCCCC1)[C@@H]1CC(=O)N(Cc2ccccc2)C1. The molecular formula is C23H25F2N3O2. The van der Waals surface area contributed by atoms with Crippen molar-refractivity contribution in [2.24, 2.45) is 5.92 Å². The van der Waals surface area contributed by atoms with E-state index in [0.29, 0.717) is 18.8 Å². The standard InChI is InChI=1S/C23H25F2N3O2/c24-18-12-20(21(13-19(18)25)27-9-5-2-6-10-27)26-23(30)17-11-22(29)28(15-17)14-16-7-3-1-4-8-16/h1,3-4,7-8,12-13,17H,2,5-6,9-11,14-15H2,(H,26,30)/t17-/m1/s1. The van der Waals surface area contributed by atoms with Crippen LogP contribution in [0.15, 0.2) is 42.5 Å². The van der Waals surface area contributed by atoms with Gasteiger partial charge in [0.25, 0.3) is 0 Å². The van der Waals surface area contributed by atoms with Gasteiger partial charge in [-0.3, -0.25) is 9.59 Å². The van der Waals surface area contributed by atoms with Crippen LogP contribution < -0.4 is 10.2 Å². The Kier molecular flexibility index (Phi) is 5.97. The second-order valence-electron chi connectivity index (χ2n) is 7.98. The van der Waals surface area contributed by atoms with Crippen LogP contribution in [-0.2, 0) is 16.1 Å². The first-order valence-electron chi connectivity index (χ1n) is 10.4. The van der Waals surface area contributed by atoms with E-state index in [1.807, 2.05) is 35.2 Å². The number of halogens is 2. The number of amides is 2. The Bertz CT molecular complexity index is 930. The molecule has 2 aromatic carbocycles. The molecule has 0 bridgehead atoms. The number of nitrogens with one attached hydrogen (secondary N) is 1. The number of carbonyl (C=O) groups excluding carboxylic acids is 2. The zero-order valence-corrected chi connectivity index (χ0v) is 16.7. The van der Waals surface area contributed by atoms with E-state index >= 15 is 0 Å². The van der Waals surface area contributed by atoms with E-state index in [1.165, 1.54) is 0 Å². The predicted octanol–water partition coefficient (Wildman–Crippen LogP) is 3.94. The van der Waals surface area contributed by atoms with Crippen LogP contribution in [0.4, 0.5) is 20.2 Å². The van der Waals surface area contributed by atoms with Crippen LogP contribution in [0.3, 0.4) is 0 Å². The molecule has 2 saturated heterocycles. The summed E-state index contributed by atoms with van der Waals surface area (Å²) in [6.45, 7) is 2.23. The summed E-state index contributed by atoms with van der Waals surface area (Å²) < 4.78 is 27.8. The van der Waals surface area contributed by atoms with Crippen molar-refractivity contribution in [2.45, 2.75) is 32.2 Å². The van der Waals surface area contributed by atoms with Crippen LogP contribution in [-0.4, -0.2) is 36.3 Å². The van der Waals surface area contributed by atoms with Crippen LogP contribution in [0.25, 0.3) is 0 Å².